The molecule has 0 unspecified atom stereocenters. The first kappa shape index (κ1) is 17.9. The molecule has 3 aromatic heterocycles. The Morgan fingerprint density at radius 3 is 2.78 bits per heavy atom. The van der Waals surface area contributed by atoms with E-state index in [1.54, 1.807) is 22.7 Å². The number of anilines is 1. The van der Waals surface area contributed by atoms with Crippen molar-refractivity contribution >= 4 is 50.0 Å². The van der Waals surface area contributed by atoms with Crippen LogP contribution in [-0.2, 0) is 0 Å². The second kappa shape index (κ2) is 6.93. The zero-order valence-electron chi connectivity index (χ0n) is 13.3. The molecule has 0 saturated carbocycles. The average molecular weight is 458 g/mol. The number of aromatic nitrogens is 5. The summed E-state index contributed by atoms with van der Waals surface area (Å²) in [6, 6.07) is 5.75. The molecule has 4 rings (SSSR count). The van der Waals surface area contributed by atoms with E-state index in [0.29, 0.717) is 21.5 Å². The van der Waals surface area contributed by atoms with E-state index in [-0.39, 0.29) is 22.0 Å². The minimum Gasteiger partial charge on any atom is -0.364 e. The fourth-order valence-electron chi connectivity index (χ4n) is 2.73. The SMILES string of the molecule is Fc1cc(Cl)c2c(c1)c(NCC(F)F)nc1nnc(-c3ccnc(Br)c3)n12. The predicted octanol–water partition coefficient (Wildman–Crippen LogP) is 4.57. The molecule has 0 fully saturated rings. The number of nitrogens with one attached hydrogen (secondary N) is 1. The van der Waals surface area contributed by atoms with Crippen LogP contribution in [0.25, 0.3) is 28.1 Å². The first-order valence-electron chi connectivity index (χ1n) is 7.62. The van der Waals surface area contributed by atoms with Crippen molar-refractivity contribution in [1.82, 2.24) is 24.6 Å². The van der Waals surface area contributed by atoms with Gasteiger partial charge in [0, 0.05) is 17.1 Å². The van der Waals surface area contributed by atoms with Crippen LogP contribution in [-0.4, -0.2) is 37.5 Å². The van der Waals surface area contributed by atoms with Gasteiger partial charge in [0.25, 0.3) is 12.2 Å². The van der Waals surface area contributed by atoms with Gasteiger partial charge in [-0.15, -0.1) is 10.2 Å². The molecule has 0 aliphatic heterocycles. The Morgan fingerprint density at radius 1 is 1.22 bits per heavy atom. The van der Waals surface area contributed by atoms with Crippen LogP contribution in [0.4, 0.5) is 19.0 Å². The lowest BCUT2D eigenvalue weighted by atomic mass is 10.2. The summed E-state index contributed by atoms with van der Waals surface area (Å²) in [6.07, 6.45) is -1.03. The van der Waals surface area contributed by atoms with Gasteiger partial charge in [0.15, 0.2) is 5.82 Å². The van der Waals surface area contributed by atoms with Gasteiger partial charge in [0.1, 0.15) is 16.2 Å². The number of fused-ring (bicyclic) bond motifs is 3. The Morgan fingerprint density at radius 2 is 2.04 bits per heavy atom. The van der Waals surface area contributed by atoms with Crippen molar-refractivity contribution in [2.24, 2.45) is 0 Å². The van der Waals surface area contributed by atoms with Gasteiger partial charge in [0.2, 0.25) is 0 Å². The maximum absolute atomic E-state index is 13.9. The van der Waals surface area contributed by atoms with E-state index in [1.807, 2.05) is 0 Å². The van der Waals surface area contributed by atoms with Gasteiger partial charge >= 0.3 is 0 Å². The Labute approximate surface area is 163 Å². The standard InChI is InChI=1S/C16H9BrClF3N6/c17-11-3-7(1-2-22-11)15-25-26-16-24-14(23-6-12(20)21)9-4-8(19)5-10(18)13(9)27(15)16/h1-5,12H,6H2,(H,23,24,26). The average Bonchev–Trinajstić information content (AvgIpc) is 3.02. The third-order valence-corrected chi connectivity index (χ3v) is 4.50. The van der Waals surface area contributed by atoms with Crippen molar-refractivity contribution in [3.05, 3.63) is 45.9 Å². The molecule has 1 N–H and O–H groups in total. The quantitative estimate of drug-likeness (QED) is 0.455. The van der Waals surface area contributed by atoms with Crippen molar-refractivity contribution in [3.8, 4) is 11.4 Å². The zero-order chi connectivity index (χ0) is 19.1. The molecule has 6 nitrogen and oxygen atoms in total. The highest BCUT2D eigenvalue weighted by atomic mass is 79.9. The second-order valence-corrected chi connectivity index (χ2v) is 6.76. The summed E-state index contributed by atoms with van der Waals surface area (Å²) in [7, 11) is 0. The summed E-state index contributed by atoms with van der Waals surface area (Å²) in [6.45, 7) is -0.648. The molecule has 0 bridgehead atoms. The topological polar surface area (TPSA) is 68.0 Å². The smallest absolute Gasteiger partial charge is 0.257 e. The number of hydrogen-bond donors (Lipinski definition) is 1. The molecule has 0 amide bonds. The lowest BCUT2D eigenvalue weighted by Gasteiger charge is -2.12. The van der Waals surface area contributed by atoms with Gasteiger partial charge in [-0.2, -0.15) is 4.98 Å². The number of nitrogens with zero attached hydrogens (tertiary/aromatic N) is 5. The third kappa shape index (κ3) is 3.30. The van der Waals surface area contributed by atoms with E-state index in [4.69, 9.17) is 11.6 Å². The number of alkyl halides is 2. The molecule has 3 heterocycles. The molecule has 0 radical (unpaired) electrons. The maximum atomic E-state index is 13.9. The predicted molar refractivity (Wildman–Crippen MR) is 98.7 cm³/mol. The van der Waals surface area contributed by atoms with Crippen LogP contribution in [0.2, 0.25) is 5.02 Å². The van der Waals surface area contributed by atoms with Crippen LogP contribution in [0, 0.1) is 5.82 Å². The normalized spacial score (nSPS) is 11.6. The third-order valence-electron chi connectivity index (χ3n) is 3.77. The van der Waals surface area contributed by atoms with Crippen molar-refractivity contribution in [3.63, 3.8) is 0 Å². The summed E-state index contributed by atoms with van der Waals surface area (Å²) >= 11 is 9.57. The zero-order valence-corrected chi connectivity index (χ0v) is 15.6. The van der Waals surface area contributed by atoms with Crippen LogP contribution in [0.15, 0.2) is 35.1 Å². The molecule has 4 aromatic rings. The van der Waals surface area contributed by atoms with Crippen LogP contribution in [0.5, 0.6) is 0 Å². The Bertz CT molecular complexity index is 1170. The molecule has 0 aliphatic rings. The van der Waals surface area contributed by atoms with Gasteiger partial charge in [-0.05, 0) is 40.2 Å². The highest BCUT2D eigenvalue weighted by molar-refractivity contribution is 9.10. The number of rotatable bonds is 4. The van der Waals surface area contributed by atoms with Gasteiger partial charge < -0.3 is 5.32 Å². The second-order valence-electron chi connectivity index (χ2n) is 5.54. The minimum atomic E-state index is -2.61. The van der Waals surface area contributed by atoms with Crippen molar-refractivity contribution < 1.29 is 13.2 Å². The summed E-state index contributed by atoms with van der Waals surface area (Å²) in [5.74, 6) is -0.0284. The highest BCUT2D eigenvalue weighted by Gasteiger charge is 2.19. The maximum Gasteiger partial charge on any atom is 0.257 e. The molecule has 1 aromatic carbocycles. The first-order chi connectivity index (χ1) is 12.9. The highest BCUT2D eigenvalue weighted by Crippen LogP contribution is 2.33. The molecular weight excluding hydrogens is 449 g/mol. The van der Waals surface area contributed by atoms with Gasteiger partial charge in [-0.25, -0.2) is 18.2 Å². The van der Waals surface area contributed by atoms with Crippen LogP contribution in [0.3, 0.4) is 0 Å². The van der Waals surface area contributed by atoms with Gasteiger partial charge in [-0.1, -0.05) is 11.6 Å². The van der Waals surface area contributed by atoms with E-state index >= 15 is 0 Å². The van der Waals surface area contributed by atoms with Crippen LogP contribution < -0.4 is 5.32 Å². The monoisotopic (exact) mass is 456 g/mol. The summed E-state index contributed by atoms with van der Waals surface area (Å²) in [4.78, 5) is 8.28. The molecular formula is C16H9BrClF3N6. The number of halogens is 5. The minimum absolute atomic E-state index is 0.0501. The summed E-state index contributed by atoms with van der Waals surface area (Å²) in [5.41, 5.74) is 1.02. The number of pyridine rings is 1. The van der Waals surface area contributed by atoms with E-state index in [9.17, 15) is 13.2 Å². The molecule has 0 aliphatic carbocycles. The Kier molecular flexibility index (Phi) is 4.60. The van der Waals surface area contributed by atoms with Crippen molar-refractivity contribution in [2.45, 2.75) is 6.43 Å². The van der Waals surface area contributed by atoms with Crippen molar-refractivity contribution in [2.75, 3.05) is 11.9 Å². The van der Waals surface area contributed by atoms with Gasteiger partial charge in [0.05, 0.1) is 17.1 Å². The number of hydrogen-bond acceptors (Lipinski definition) is 5. The van der Waals surface area contributed by atoms with E-state index in [0.717, 1.165) is 6.07 Å². The fraction of sp³-hybridized carbons (Fsp3) is 0.125. The van der Waals surface area contributed by atoms with Crippen LogP contribution >= 0.6 is 27.5 Å². The van der Waals surface area contributed by atoms with E-state index in [1.165, 1.54) is 6.07 Å². The summed E-state index contributed by atoms with van der Waals surface area (Å²) < 4.78 is 41.3. The van der Waals surface area contributed by atoms with Gasteiger partial charge in [-0.3, -0.25) is 4.40 Å². The van der Waals surface area contributed by atoms with Crippen LogP contribution in [0.1, 0.15) is 0 Å². The Hall–Kier alpha value is -2.46. The Balaban J connectivity index is 2.04. The van der Waals surface area contributed by atoms with E-state index < -0.39 is 18.8 Å². The largest absolute Gasteiger partial charge is 0.364 e. The molecule has 11 heteroatoms. The fourth-order valence-corrected chi connectivity index (χ4v) is 3.38. The molecule has 27 heavy (non-hydrogen) atoms. The molecule has 0 spiro atoms. The van der Waals surface area contributed by atoms with Crippen molar-refractivity contribution in [1.29, 1.82) is 0 Å². The lowest BCUT2D eigenvalue weighted by Crippen LogP contribution is -2.12. The van der Waals surface area contributed by atoms with E-state index in [2.05, 4.69) is 41.4 Å². The molecule has 138 valence electrons. The molecule has 0 saturated heterocycles. The lowest BCUT2D eigenvalue weighted by molar-refractivity contribution is 0.163. The summed E-state index contributed by atoms with van der Waals surface area (Å²) in [5, 5.41) is 11.0. The molecule has 0 atom stereocenters. The number of benzene rings is 1. The first-order valence-corrected chi connectivity index (χ1v) is 8.79.